The predicted molar refractivity (Wildman–Crippen MR) is 150 cm³/mol. The summed E-state index contributed by atoms with van der Waals surface area (Å²) in [5.41, 5.74) is 3.29. The molecule has 1 amide bonds. The number of fused-ring (bicyclic) bond motifs is 1. The molecule has 1 saturated heterocycles. The highest BCUT2D eigenvalue weighted by molar-refractivity contribution is 6.00. The molecule has 4 aromatic rings. The molecular formula is C28H31N9O. The maximum absolute atomic E-state index is 12.3. The average Bonchev–Trinajstić information content (AvgIpc) is 2.93. The lowest BCUT2D eigenvalue weighted by Crippen LogP contribution is -2.29. The van der Waals surface area contributed by atoms with Crippen molar-refractivity contribution >= 4 is 40.0 Å². The number of carbonyl (C=O) groups is 1. The molecule has 1 aliphatic rings. The summed E-state index contributed by atoms with van der Waals surface area (Å²) in [6, 6.07) is 9.42. The van der Waals surface area contributed by atoms with Crippen LogP contribution in [0.5, 0.6) is 0 Å². The van der Waals surface area contributed by atoms with Crippen molar-refractivity contribution in [3.63, 3.8) is 0 Å². The van der Waals surface area contributed by atoms with E-state index >= 15 is 0 Å². The molecule has 5 heterocycles. The van der Waals surface area contributed by atoms with E-state index in [4.69, 9.17) is 4.98 Å². The molecule has 0 aromatic carbocycles. The minimum absolute atomic E-state index is 0.205. The second-order valence-corrected chi connectivity index (χ2v) is 9.45. The van der Waals surface area contributed by atoms with Gasteiger partial charge in [0.25, 0.3) is 0 Å². The van der Waals surface area contributed by atoms with Gasteiger partial charge in [-0.3, -0.25) is 14.8 Å². The Morgan fingerprint density at radius 1 is 0.974 bits per heavy atom. The van der Waals surface area contributed by atoms with Crippen LogP contribution in [0.15, 0.2) is 67.3 Å². The molecule has 38 heavy (non-hydrogen) atoms. The summed E-state index contributed by atoms with van der Waals surface area (Å²) in [6.45, 7) is 2.79. The minimum Gasteiger partial charge on any atom is -0.357 e. The number of anilines is 4. The molecule has 0 bridgehead atoms. The molecule has 194 valence electrons. The number of piperidine rings is 1. The molecule has 5 rings (SSSR count). The van der Waals surface area contributed by atoms with Gasteiger partial charge < -0.3 is 20.4 Å². The quantitative estimate of drug-likeness (QED) is 0.336. The fourth-order valence-corrected chi connectivity index (χ4v) is 4.30. The van der Waals surface area contributed by atoms with Crippen molar-refractivity contribution in [2.24, 2.45) is 0 Å². The van der Waals surface area contributed by atoms with Crippen molar-refractivity contribution < 1.29 is 4.79 Å². The van der Waals surface area contributed by atoms with Crippen LogP contribution in [0.4, 0.5) is 23.1 Å². The molecular weight excluding hydrogens is 478 g/mol. The van der Waals surface area contributed by atoms with Crippen LogP contribution in [0.25, 0.3) is 22.3 Å². The Hall–Kier alpha value is -4.44. The van der Waals surface area contributed by atoms with E-state index < -0.39 is 0 Å². The van der Waals surface area contributed by atoms with E-state index in [1.54, 1.807) is 30.7 Å². The summed E-state index contributed by atoms with van der Waals surface area (Å²) in [7, 11) is 3.89. The molecule has 0 aliphatic carbocycles. The lowest BCUT2D eigenvalue weighted by Gasteiger charge is -2.27. The van der Waals surface area contributed by atoms with Crippen LogP contribution in [-0.4, -0.2) is 69.5 Å². The molecule has 2 N–H and O–H groups in total. The summed E-state index contributed by atoms with van der Waals surface area (Å²) in [6.07, 6.45) is 14.0. The van der Waals surface area contributed by atoms with Gasteiger partial charge >= 0.3 is 0 Å². The zero-order chi connectivity index (χ0) is 26.3. The highest BCUT2D eigenvalue weighted by Crippen LogP contribution is 2.27. The Morgan fingerprint density at radius 2 is 1.82 bits per heavy atom. The van der Waals surface area contributed by atoms with E-state index in [0.717, 1.165) is 30.0 Å². The van der Waals surface area contributed by atoms with Gasteiger partial charge in [-0.25, -0.2) is 15.0 Å². The molecule has 0 spiro atoms. The minimum atomic E-state index is -0.205. The molecule has 10 nitrogen and oxygen atoms in total. The Bertz CT molecular complexity index is 1430. The summed E-state index contributed by atoms with van der Waals surface area (Å²) in [4.78, 5) is 39.5. The van der Waals surface area contributed by atoms with Crippen LogP contribution in [0, 0.1) is 0 Å². The average molecular weight is 510 g/mol. The first-order valence-corrected chi connectivity index (χ1v) is 12.7. The monoisotopic (exact) mass is 509 g/mol. The highest BCUT2D eigenvalue weighted by Gasteiger charge is 2.13. The van der Waals surface area contributed by atoms with E-state index in [1.807, 2.05) is 49.5 Å². The largest absolute Gasteiger partial charge is 0.357 e. The lowest BCUT2D eigenvalue weighted by molar-refractivity contribution is -0.111. The third kappa shape index (κ3) is 6.27. The molecule has 4 aromatic heterocycles. The van der Waals surface area contributed by atoms with Crippen molar-refractivity contribution in [1.29, 1.82) is 0 Å². The molecule has 1 aliphatic heterocycles. The van der Waals surface area contributed by atoms with Crippen molar-refractivity contribution in [1.82, 2.24) is 29.8 Å². The van der Waals surface area contributed by atoms with Crippen LogP contribution >= 0.6 is 0 Å². The lowest BCUT2D eigenvalue weighted by atomic mass is 10.1. The number of pyridine rings is 3. The number of nitrogens with zero attached hydrogens (tertiary/aromatic N) is 7. The Balaban J connectivity index is 1.35. The van der Waals surface area contributed by atoms with E-state index in [9.17, 15) is 4.79 Å². The van der Waals surface area contributed by atoms with Crippen LogP contribution in [0.2, 0.25) is 0 Å². The fourth-order valence-electron chi connectivity index (χ4n) is 4.30. The van der Waals surface area contributed by atoms with Crippen LogP contribution in [0.3, 0.4) is 0 Å². The number of carbonyl (C=O) groups excluding carboxylic acids is 1. The maximum Gasteiger partial charge on any atom is 0.248 e. The Morgan fingerprint density at radius 3 is 2.61 bits per heavy atom. The summed E-state index contributed by atoms with van der Waals surface area (Å²) in [5.74, 6) is 1.23. The maximum atomic E-state index is 12.3. The summed E-state index contributed by atoms with van der Waals surface area (Å²) < 4.78 is 0. The number of hydrogen-bond donors (Lipinski definition) is 2. The summed E-state index contributed by atoms with van der Waals surface area (Å²) >= 11 is 0. The van der Waals surface area contributed by atoms with Crippen molar-refractivity contribution in [3.05, 3.63) is 67.3 Å². The number of likely N-dealkylation sites (N-methyl/N-ethyl adjacent to an activating group) is 1. The van der Waals surface area contributed by atoms with Gasteiger partial charge in [0.05, 0.1) is 17.6 Å². The third-order valence-corrected chi connectivity index (χ3v) is 6.19. The van der Waals surface area contributed by atoms with E-state index in [2.05, 4.69) is 35.5 Å². The van der Waals surface area contributed by atoms with Gasteiger partial charge in [0.1, 0.15) is 17.0 Å². The molecule has 0 unspecified atom stereocenters. The summed E-state index contributed by atoms with van der Waals surface area (Å²) in [5, 5.41) is 6.96. The van der Waals surface area contributed by atoms with Crippen molar-refractivity contribution in [3.8, 4) is 11.4 Å². The van der Waals surface area contributed by atoms with E-state index in [-0.39, 0.29) is 5.91 Å². The number of amides is 1. The Labute approximate surface area is 221 Å². The zero-order valence-corrected chi connectivity index (χ0v) is 21.6. The topological polar surface area (TPSA) is 112 Å². The molecule has 0 atom stereocenters. The first-order valence-electron chi connectivity index (χ1n) is 12.7. The second-order valence-electron chi connectivity index (χ2n) is 9.45. The molecule has 0 radical (unpaired) electrons. The molecule has 0 saturated carbocycles. The Kier molecular flexibility index (Phi) is 7.79. The third-order valence-electron chi connectivity index (χ3n) is 6.19. The molecule has 1 fully saturated rings. The van der Waals surface area contributed by atoms with Crippen molar-refractivity contribution in [2.75, 3.05) is 49.3 Å². The number of hydrogen-bond acceptors (Lipinski definition) is 9. The fraction of sp³-hybridized carbons (Fsp3) is 0.286. The first kappa shape index (κ1) is 25.2. The first-order chi connectivity index (χ1) is 18.5. The SMILES string of the molecule is CN(C)CC=CC(=O)Nc1ccnc(-c2nccc3cnc(Nc4ccc(N5CCCCC5)nc4)nc23)c1. The standard InChI is InChI=1S/C28H31N9O/c1-36(2)14-6-7-25(38)33-21-11-13-29-23(17-21)27-26-20(10-12-30-27)18-32-28(35-26)34-22-8-9-24(31-19-22)37-15-4-3-5-16-37/h6-13,17-19H,3-5,14-16H2,1-2H3,(H,29,33,38)(H,32,34,35). The van der Waals surface area contributed by atoms with Crippen molar-refractivity contribution in [2.45, 2.75) is 19.3 Å². The molecule has 10 heteroatoms. The smallest absolute Gasteiger partial charge is 0.248 e. The van der Waals surface area contributed by atoms with Crippen LogP contribution in [0.1, 0.15) is 19.3 Å². The van der Waals surface area contributed by atoms with Gasteiger partial charge in [-0.2, -0.15) is 0 Å². The normalized spacial score (nSPS) is 13.8. The van der Waals surface area contributed by atoms with Gasteiger partial charge in [0.15, 0.2) is 0 Å². The zero-order valence-electron chi connectivity index (χ0n) is 21.6. The van der Waals surface area contributed by atoms with Gasteiger partial charge in [-0.15, -0.1) is 0 Å². The van der Waals surface area contributed by atoms with Gasteiger partial charge in [-0.05, 0) is 63.7 Å². The number of nitrogens with one attached hydrogen (secondary N) is 2. The van der Waals surface area contributed by atoms with E-state index in [0.29, 0.717) is 35.1 Å². The van der Waals surface area contributed by atoms with Crippen LogP contribution < -0.4 is 15.5 Å². The van der Waals surface area contributed by atoms with Gasteiger partial charge in [0, 0.05) is 55.4 Å². The number of aromatic nitrogens is 5. The highest BCUT2D eigenvalue weighted by atomic mass is 16.1. The number of rotatable bonds is 8. The van der Waals surface area contributed by atoms with Gasteiger partial charge in [-0.1, -0.05) is 6.08 Å². The second kappa shape index (κ2) is 11.7. The van der Waals surface area contributed by atoms with Crippen LogP contribution in [-0.2, 0) is 4.79 Å². The van der Waals surface area contributed by atoms with Gasteiger partial charge in [0.2, 0.25) is 11.9 Å². The van der Waals surface area contributed by atoms with E-state index in [1.165, 1.54) is 25.3 Å². The predicted octanol–water partition coefficient (Wildman–Crippen LogP) is 4.27.